The van der Waals surface area contributed by atoms with Crippen LogP contribution in [0.4, 0.5) is 0 Å². The van der Waals surface area contributed by atoms with Gasteiger partial charge in [0.05, 0.1) is 7.11 Å². The first kappa shape index (κ1) is 21.5. The first-order valence-corrected chi connectivity index (χ1v) is 10.7. The second-order valence-corrected chi connectivity index (χ2v) is 7.84. The van der Waals surface area contributed by atoms with Crippen LogP contribution >= 0.6 is 15.9 Å². The van der Waals surface area contributed by atoms with Crippen LogP contribution in [0.15, 0.2) is 89.7 Å². The number of hydrogen-bond acceptors (Lipinski definition) is 5. The highest BCUT2D eigenvalue weighted by molar-refractivity contribution is 9.10. The smallest absolute Gasteiger partial charge is 0.321 e. The van der Waals surface area contributed by atoms with E-state index in [2.05, 4.69) is 31.2 Å². The molecule has 7 heteroatoms. The standard InChI is InChI=1S/C25H20BrN3O3/c1-31-22-6-3-7-23(13-22)32-25-28-15-20(16-29-25)18-4-2-5-19(12-18)24(30)27-14-17-8-10-21(26)11-9-17/h2-13,15-16H,14H2,1H3,(H,27,30). The number of carbonyl (C=O) groups excluding carboxylic acids is 1. The van der Waals surface area contributed by atoms with Gasteiger partial charge in [0.15, 0.2) is 0 Å². The highest BCUT2D eigenvalue weighted by atomic mass is 79.9. The van der Waals surface area contributed by atoms with Gasteiger partial charge in [0.2, 0.25) is 0 Å². The fourth-order valence-electron chi connectivity index (χ4n) is 3.01. The molecule has 160 valence electrons. The molecular formula is C25H20BrN3O3. The Morgan fingerprint density at radius 2 is 1.62 bits per heavy atom. The van der Waals surface area contributed by atoms with Gasteiger partial charge in [-0.1, -0.05) is 46.3 Å². The third-order valence-electron chi connectivity index (χ3n) is 4.70. The summed E-state index contributed by atoms with van der Waals surface area (Å²) in [4.78, 5) is 21.2. The molecule has 3 aromatic carbocycles. The van der Waals surface area contributed by atoms with E-state index >= 15 is 0 Å². The second kappa shape index (κ2) is 10.1. The molecule has 4 aromatic rings. The molecule has 0 spiro atoms. The summed E-state index contributed by atoms with van der Waals surface area (Å²) in [5.74, 6) is 1.13. The summed E-state index contributed by atoms with van der Waals surface area (Å²) in [6, 6.07) is 22.6. The van der Waals surface area contributed by atoms with Gasteiger partial charge >= 0.3 is 6.01 Å². The molecule has 0 aliphatic rings. The molecule has 0 atom stereocenters. The number of nitrogens with zero attached hydrogens (tertiary/aromatic N) is 2. The molecule has 0 bridgehead atoms. The predicted molar refractivity (Wildman–Crippen MR) is 126 cm³/mol. The Kier molecular flexibility index (Phi) is 6.77. The third kappa shape index (κ3) is 5.50. The van der Waals surface area contributed by atoms with Crippen molar-refractivity contribution in [3.05, 3.63) is 101 Å². The molecule has 0 saturated heterocycles. The van der Waals surface area contributed by atoms with E-state index < -0.39 is 0 Å². The van der Waals surface area contributed by atoms with Gasteiger partial charge in [-0.05, 0) is 47.5 Å². The van der Waals surface area contributed by atoms with Crippen LogP contribution < -0.4 is 14.8 Å². The van der Waals surface area contributed by atoms with E-state index in [9.17, 15) is 4.79 Å². The van der Waals surface area contributed by atoms with Gasteiger partial charge in [0, 0.05) is 40.6 Å². The van der Waals surface area contributed by atoms with Crippen molar-refractivity contribution in [1.29, 1.82) is 0 Å². The molecule has 0 unspecified atom stereocenters. The number of hydrogen-bond donors (Lipinski definition) is 1. The average molecular weight is 490 g/mol. The Morgan fingerprint density at radius 3 is 2.38 bits per heavy atom. The van der Waals surface area contributed by atoms with Gasteiger partial charge in [0.25, 0.3) is 5.91 Å². The molecule has 0 saturated carbocycles. The Labute approximate surface area is 194 Å². The van der Waals surface area contributed by atoms with E-state index in [0.29, 0.717) is 23.6 Å². The van der Waals surface area contributed by atoms with Crippen molar-refractivity contribution in [3.63, 3.8) is 0 Å². The van der Waals surface area contributed by atoms with Gasteiger partial charge < -0.3 is 14.8 Å². The van der Waals surface area contributed by atoms with Crippen LogP contribution in [0.3, 0.4) is 0 Å². The zero-order valence-electron chi connectivity index (χ0n) is 17.3. The normalized spacial score (nSPS) is 10.4. The van der Waals surface area contributed by atoms with Crippen molar-refractivity contribution in [1.82, 2.24) is 15.3 Å². The topological polar surface area (TPSA) is 73.3 Å². The lowest BCUT2D eigenvalue weighted by molar-refractivity contribution is 0.0951. The van der Waals surface area contributed by atoms with Crippen LogP contribution in [0.25, 0.3) is 11.1 Å². The van der Waals surface area contributed by atoms with Gasteiger partial charge in [-0.3, -0.25) is 4.79 Å². The zero-order chi connectivity index (χ0) is 22.3. The molecule has 1 N–H and O–H groups in total. The summed E-state index contributed by atoms with van der Waals surface area (Å²) in [5.41, 5.74) is 3.22. The average Bonchev–Trinajstić information content (AvgIpc) is 2.84. The maximum absolute atomic E-state index is 12.6. The number of halogens is 1. The molecule has 32 heavy (non-hydrogen) atoms. The lowest BCUT2D eigenvalue weighted by Gasteiger charge is -2.08. The fraction of sp³-hybridized carbons (Fsp3) is 0.0800. The second-order valence-electron chi connectivity index (χ2n) is 6.93. The third-order valence-corrected chi connectivity index (χ3v) is 5.23. The Bertz CT molecular complexity index is 1210. The van der Waals surface area contributed by atoms with Crippen LogP contribution in [-0.2, 0) is 6.54 Å². The number of aromatic nitrogens is 2. The Hall–Kier alpha value is -3.71. The lowest BCUT2D eigenvalue weighted by Crippen LogP contribution is -2.22. The van der Waals surface area contributed by atoms with Crippen molar-refractivity contribution in [2.24, 2.45) is 0 Å². The monoisotopic (exact) mass is 489 g/mol. The molecule has 0 fully saturated rings. The van der Waals surface area contributed by atoms with Crippen LogP contribution in [0.1, 0.15) is 15.9 Å². The summed E-state index contributed by atoms with van der Waals surface area (Å²) in [5, 5.41) is 2.94. The number of benzene rings is 3. The molecule has 1 amide bonds. The molecule has 1 aromatic heterocycles. The highest BCUT2D eigenvalue weighted by Crippen LogP contribution is 2.24. The van der Waals surface area contributed by atoms with Crippen molar-refractivity contribution >= 4 is 21.8 Å². The van der Waals surface area contributed by atoms with Crippen molar-refractivity contribution in [2.75, 3.05) is 7.11 Å². The molecule has 4 rings (SSSR count). The Morgan fingerprint density at radius 1 is 0.906 bits per heavy atom. The molecule has 1 heterocycles. The van der Waals surface area contributed by atoms with Crippen molar-refractivity contribution in [3.8, 4) is 28.6 Å². The van der Waals surface area contributed by atoms with Gasteiger partial charge in [-0.25, -0.2) is 9.97 Å². The predicted octanol–water partition coefficient (Wildman–Crippen LogP) is 5.64. The number of carbonyl (C=O) groups is 1. The van der Waals surface area contributed by atoms with Crippen molar-refractivity contribution < 1.29 is 14.3 Å². The summed E-state index contributed by atoms with van der Waals surface area (Å²) in [7, 11) is 1.60. The van der Waals surface area contributed by atoms with Crippen LogP contribution in [-0.4, -0.2) is 23.0 Å². The van der Waals surface area contributed by atoms with Gasteiger partial charge in [0.1, 0.15) is 11.5 Å². The van der Waals surface area contributed by atoms with E-state index in [1.165, 1.54) is 0 Å². The Balaban J connectivity index is 1.43. The maximum atomic E-state index is 12.6. The van der Waals surface area contributed by atoms with Crippen LogP contribution in [0, 0.1) is 0 Å². The largest absolute Gasteiger partial charge is 0.497 e. The maximum Gasteiger partial charge on any atom is 0.321 e. The van der Waals surface area contributed by atoms with E-state index in [-0.39, 0.29) is 11.9 Å². The van der Waals surface area contributed by atoms with Gasteiger partial charge in [-0.15, -0.1) is 0 Å². The minimum absolute atomic E-state index is 0.145. The van der Waals surface area contributed by atoms with Crippen molar-refractivity contribution in [2.45, 2.75) is 6.54 Å². The number of methoxy groups -OCH3 is 1. The zero-order valence-corrected chi connectivity index (χ0v) is 18.9. The molecule has 0 radical (unpaired) electrons. The van der Waals surface area contributed by atoms with E-state index in [1.807, 2.05) is 54.6 Å². The minimum Gasteiger partial charge on any atom is -0.497 e. The minimum atomic E-state index is -0.145. The highest BCUT2D eigenvalue weighted by Gasteiger charge is 2.09. The summed E-state index contributed by atoms with van der Waals surface area (Å²) < 4.78 is 11.9. The summed E-state index contributed by atoms with van der Waals surface area (Å²) >= 11 is 3.41. The number of amides is 1. The van der Waals surface area contributed by atoms with E-state index in [1.54, 1.807) is 37.7 Å². The van der Waals surface area contributed by atoms with Gasteiger partial charge in [-0.2, -0.15) is 0 Å². The van der Waals surface area contributed by atoms with E-state index in [4.69, 9.17) is 9.47 Å². The number of ether oxygens (including phenoxy) is 2. The first-order chi connectivity index (χ1) is 15.6. The number of nitrogens with one attached hydrogen (secondary N) is 1. The summed E-state index contributed by atoms with van der Waals surface area (Å²) in [6.07, 6.45) is 3.34. The van der Waals surface area contributed by atoms with E-state index in [0.717, 1.165) is 21.2 Å². The van der Waals surface area contributed by atoms with Crippen LogP contribution in [0.2, 0.25) is 0 Å². The SMILES string of the molecule is COc1cccc(Oc2ncc(-c3cccc(C(=O)NCc4ccc(Br)cc4)c3)cn2)c1. The number of rotatable bonds is 7. The lowest BCUT2D eigenvalue weighted by atomic mass is 10.1. The van der Waals surface area contributed by atoms with Crippen LogP contribution in [0.5, 0.6) is 17.5 Å². The first-order valence-electron chi connectivity index (χ1n) is 9.88. The quantitative estimate of drug-likeness (QED) is 0.363. The summed E-state index contributed by atoms with van der Waals surface area (Å²) in [6.45, 7) is 0.454. The fourth-order valence-corrected chi connectivity index (χ4v) is 3.28. The molecular weight excluding hydrogens is 470 g/mol. The molecule has 0 aliphatic heterocycles. The molecule has 0 aliphatic carbocycles. The molecule has 6 nitrogen and oxygen atoms in total.